The second-order valence-electron chi connectivity index (χ2n) is 5.80. The molecule has 4 rings (SSSR count). The normalized spacial score (nSPS) is 16.3. The van der Waals surface area contributed by atoms with E-state index in [1.807, 2.05) is 59.8 Å². The maximum absolute atomic E-state index is 13.0. The Kier molecular flexibility index (Phi) is 4.65. The fourth-order valence-electron chi connectivity index (χ4n) is 2.95. The summed E-state index contributed by atoms with van der Waals surface area (Å²) >= 11 is 9.48. The first-order valence-corrected chi connectivity index (χ1v) is 10.2. The zero-order valence-corrected chi connectivity index (χ0v) is 16.7. The molecule has 0 spiro atoms. The van der Waals surface area contributed by atoms with Gasteiger partial charge >= 0.3 is 0 Å². The van der Waals surface area contributed by atoms with E-state index in [4.69, 9.17) is 11.6 Å². The van der Waals surface area contributed by atoms with Crippen molar-refractivity contribution in [2.24, 2.45) is 0 Å². The summed E-state index contributed by atoms with van der Waals surface area (Å²) in [4.78, 5) is 20.2. The lowest BCUT2D eigenvalue weighted by Crippen LogP contribution is -2.33. The van der Waals surface area contributed by atoms with E-state index in [9.17, 15) is 4.79 Å². The first-order chi connectivity index (χ1) is 12.6. The number of anilines is 1. The van der Waals surface area contributed by atoms with Crippen molar-refractivity contribution in [3.05, 3.63) is 72.9 Å². The minimum Gasteiger partial charge on any atom is -0.336 e. The molecule has 4 nitrogen and oxygen atoms in total. The zero-order chi connectivity index (χ0) is 18.3. The van der Waals surface area contributed by atoms with Gasteiger partial charge in [-0.2, -0.15) is 0 Å². The number of para-hydroxylation sites is 1. The molecule has 0 saturated heterocycles. The third-order valence-electron chi connectivity index (χ3n) is 4.22. The van der Waals surface area contributed by atoms with Gasteiger partial charge in [0.25, 0.3) is 5.56 Å². The van der Waals surface area contributed by atoms with Crippen LogP contribution in [0.15, 0.2) is 52.4 Å². The van der Waals surface area contributed by atoms with Crippen molar-refractivity contribution in [3.63, 3.8) is 0 Å². The monoisotopic (exact) mass is 401 g/mol. The average Bonchev–Trinajstić information content (AvgIpc) is 3.13. The number of rotatable bonds is 2. The van der Waals surface area contributed by atoms with Crippen molar-refractivity contribution >= 4 is 51.5 Å². The first kappa shape index (κ1) is 17.4. The molecule has 0 amide bonds. The van der Waals surface area contributed by atoms with Gasteiger partial charge in [-0.25, -0.2) is 0 Å². The minimum absolute atomic E-state index is 0.0380. The van der Waals surface area contributed by atoms with Gasteiger partial charge in [-0.05, 0) is 42.8 Å². The van der Waals surface area contributed by atoms with Gasteiger partial charge in [0.05, 0.1) is 15.4 Å². The molecular weight excluding hydrogens is 386 g/mol. The molecular formula is C19H16ClN3OS2. The summed E-state index contributed by atoms with van der Waals surface area (Å²) in [6.07, 6.45) is 5.53. The number of fused-ring (bicyclic) bond motifs is 1. The molecule has 26 heavy (non-hydrogen) atoms. The number of halogens is 1. The van der Waals surface area contributed by atoms with Crippen LogP contribution in [0.5, 0.6) is 0 Å². The Morgan fingerprint density at radius 2 is 2.00 bits per heavy atom. The largest absolute Gasteiger partial charge is 0.336 e. The van der Waals surface area contributed by atoms with Crippen LogP contribution in [0.4, 0.5) is 5.69 Å². The molecule has 7 heteroatoms. The third kappa shape index (κ3) is 2.88. The van der Waals surface area contributed by atoms with Crippen LogP contribution in [0.2, 0.25) is 5.02 Å². The second-order valence-corrected chi connectivity index (χ2v) is 8.27. The Balaban J connectivity index is 1.95. The molecule has 132 valence electrons. The van der Waals surface area contributed by atoms with Gasteiger partial charge in [-0.1, -0.05) is 29.4 Å². The lowest BCUT2D eigenvalue weighted by atomic mass is 10.3. The third-order valence-corrected chi connectivity index (χ3v) is 6.99. The molecule has 0 aliphatic carbocycles. The molecule has 0 saturated carbocycles. The van der Waals surface area contributed by atoms with Crippen LogP contribution in [-0.4, -0.2) is 16.6 Å². The Hall–Kier alpha value is -2.02. The van der Waals surface area contributed by atoms with E-state index in [1.165, 1.54) is 11.3 Å². The average molecular weight is 402 g/mol. The van der Waals surface area contributed by atoms with Crippen LogP contribution in [0, 0.1) is 0 Å². The van der Waals surface area contributed by atoms with Gasteiger partial charge in [0.2, 0.25) is 0 Å². The SMILES string of the molecule is CCn1c(=O)/c(=C2\Sc3cccc(Cl)c3N2C)s/c1=C\c1ccncc1. The number of aromatic nitrogens is 2. The number of thiazole rings is 1. The van der Waals surface area contributed by atoms with Gasteiger partial charge < -0.3 is 4.90 Å². The van der Waals surface area contributed by atoms with Crippen LogP contribution < -0.4 is 19.7 Å². The Labute approximate surface area is 164 Å². The highest BCUT2D eigenvalue weighted by molar-refractivity contribution is 8.08. The molecule has 3 heterocycles. The number of hydrogen-bond acceptors (Lipinski definition) is 5. The molecule has 0 bridgehead atoms. The minimum atomic E-state index is 0.0380. The van der Waals surface area contributed by atoms with E-state index in [1.54, 1.807) is 24.2 Å². The number of nitrogens with zero attached hydrogens (tertiary/aromatic N) is 3. The molecule has 0 N–H and O–H groups in total. The number of thioether (sulfide) groups is 1. The molecule has 1 aromatic carbocycles. The van der Waals surface area contributed by atoms with Crippen molar-refractivity contribution < 1.29 is 0 Å². The summed E-state index contributed by atoms with van der Waals surface area (Å²) in [5.41, 5.74) is 2.03. The molecule has 0 atom stereocenters. The van der Waals surface area contributed by atoms with Crippen LogP contribution in [0.25, 0.3) is 11.1 Å². The lowest BCUT2D eigenvalue weighted by Gasteiger charge is -2.13. The Bertz CT molecular complexity index is 1150. The molecule has 0 radical (unpaired) electrons. The van der Waals surface area contributed by atoms with Crippen LogP contribution in [0.3, 0.4) is 0 Å². The van der Waals surface area contributed by atoms with Gasteiger partial charge in [-0.3, -0.25) is 14.3 Å². The quantitative estimate of drug-likeness (QED) is 0.661. The highest BCUT2D eigenvalue weighted by Gasteiger charge is 2.26. The van der Waals surface area contributed by atoms with Crippen LogP contribution in [0.1, 0.15) is 12.5 Å². The topological polar surface area (TPSA) is 38.1 Å². The van der Waals surface area contributed by atoms with Crippen LogP contribution in [-0.2, 0) is 6.54 Å². The van der Waals surface area contributed by atoms with E-state index in [-0.39, 0.29) is 5.56 Å². The van der Waals surface area contributed by atoms with Crippen LogP contribution >= 0.6 is 34.7 Å². The van der Waals surface area contributed by atoms with Crippen molar-refractivity contribution in [2.75, 3.05) is 11.9 Å². The number of pyridine rings is 1. The van der Waals surface area contributed by atoms with Crippen molar-refractivity contribution in [1.29, 1.82) is 0 Å². The summed E-state index contributed by atoms with van der Waals surface area (Å²) in [6, 6.07) is 9.71. The predicted molar refractivity (Wildman–Crippen MR) is 110 cm³/mol. The smallest absolute Gasteiger partial charge is 0.271 e. The summed E-state index contributed by atoms with van der Waals surface area (Å²) in [7, 11) is 1.96. The van der Waals surface area contributed by atoms with Crippen molar-refractivity contribution in [1.82, 2.24) is 9.55 Å². The van der Waals surface area contributed by atoms with Gasteiger partial charge in [0, 0.05) is 30.9 Å². The van der Waals surface area contributed by atoms with Gasteiger partial charge in [-0.15, -0.1) is 11.3 Å². The summed E-state index contributed by atoms with van der Waals surface area (Å²) < 4.78 is 3.49. The van der Waals surface area contributed by atoms with E-state index in [0.717, 1.165) is 30.4 Å². The first-order valence-electron chi connectivity index (χ1n) is 8.16. The summed E-state index contributed by atoms with van der Waals surface area (Å²) in [5.74, 6) is 0. The fourth-order valence-corrected chi connectivity index (χ4v) is 5.81. The fraction of sp³-hybridized carbons (Fsp3) is 0.158. The zero-order valence-electron chi connectivity index (χ0n) is 14.3. The van der Waals surface area contributed by atoms with Crippen molar-refractivity contribution in [3.8, 4) is 0 Å². The number of hydrogen-bond donors (Lipinski definition) is 0. The number of benzene rings is 1. The molecule has 0 fully saturated rings. The Morgan fingerprint density at radius 3 is 2.69 bits per heavy atom. The second kappa shape index (κ2) is 6.95. The highest BCUT2D eigenvalue weighted by Crippen LogP contribution is 2.48. The molecule has 3 aromatic rings. The molecule has 1 aliphatic rings. The standard InChI is InChI=1S/C19H16ClN3OS2/c1-3-23-15(11-12-7-9-21-10-8-12)26-17(18(23)24)19-22(2)16-13(20)5-4-6-14(16)25-19/h4-11H,3H2,1-2H3/b15-11-,19-17+. The lowest BCUT2D eigenvalue weighted by molar-refractivity contribution is 0.722. The Morgan fingerprint density at radius 1 is 1.23 bits per heavy atom. The van der Waals surface area contributed by atoms with E-state index >= 15 is 0 Å². The summed E-state index contributed by atoms with van der Waals surface area (Å²) in [5, 5.41) is 1.63. The molecule has 2 aromatic heterocycles. The molecule has 0 unspecified atom stereocenters. The van der Waals surface area contributed by atoms with E-state index in [2.05, 4.69) is 4.98 Å². The van der Waals surface area contributed by atoms with Gasteiger partial charge in [0.1, 0.15) is 9.56 Å². The van der Waals surface area contributed by atoms with Crippen molar-refractivity contribution in [2.45, 2.75) is 18.4 Å². The maximum Gasteiger partial charge on any atom is 0.271 e. The van der Waals surface area contributed by atoms with Gasteiger partial charge in [0.15, 0.2) is 0 Å². The maximum atomic E-state index is 13.0. The van der Waals surface area contributed by atoms with E-state index < -0.39 is 0 Å². The summed E-state index contributed by atoms with van der Waals surface area (Å²) in [6.45, 7) is 2.62. The highest BCUT2D eigenvalue weighted by atomic mass is 35.5. The molecule has 1 aliphatic heterocycles. The van der Waals surface area contributed by atoms with E-state index in [0.29, 0.717) is 11.6 Å². The predicted octanol–water partition coefficient (Wildman–Crippen LogP) is 3.11.